The van der Waals surface area contributed by atoms with Gasteiger partial charge in [-0.25, -0.2) is 0 Å². The number of halogens is 3. The highest BCUT2D eigenvalue weighted by Gasteiger charge is 2.59. The SMILES string of the molecule is COC1=CC(O)(C(F)(F)F)C(C=CC(=O)c2cccc(OC)c2)C(OC)=C1. The molecule has 5 nitrogen and oxygen atoms in total. The summed E-state index contributed by atoms with van der Waals surface area (Å²) >= 11 is 0. The van der Waals surface area contributed by atoms with Crippen molar-refractivity contribution in [3.8, 4) is 5.75 Å². The molecule has 0 fully saturated rings. The molecular formula is C19H19F3O5. The standard InChI is InChI=1S/C19H19F3O5/c1-25-13-6-4-5-12(9-13)16(23)8-7-15-17(27-3)10-14(26-2)11-18(15,24)19(20,21)22/h4-11,15,24H,1-3H3. The maximum Gasteiger partial charge on any atom is 0.422 e. The molecule has 8 heteroatoms. The van der Waals surface area contributed by atoms with Gasteiger partial charge in [-0.05, 0) is 24.3 Å². The molecule has 0 heterocycles. The number of methoxy groups -OCH3 is 3. The van der Waals surface area contributed by atoms with Gasteiger partial charge in [-0.1, -0.05) is 18.2 Å². The monoisotopic (exact) mass is 384 g/mol. The lowest BCUT2D eigenvalue weighted by molar-refractivity contribution is -0.253. The number of carbonyl (C=O) groups is 1. The molecule has 0 aliphatic heterocycles. The molecule has 2 atom stereocenters. The smallest absolute Gasteiger partial charge is 0.422 e. The number of allylic oxidation sites excluding steroid dienone is 2. The van der Waals surface area contributed by atoms with E-state index >= 15 is 0 Å². The van der Waals surface area contributed by atoms with Crippen molar-refractivity contribution in [3.05, 3.63) is 65.7 Å². The Balaban J connectivity index is 2.41. The van der Waals surface area contributed by atoms with Crippen LogP contribution in [0.5, 0.6) is 5.75 Å². The number of hydrogen-bond donors (Lipinski definition) is 1. The highest BCUT2D eigenvalue weighted by molar-refractivity contribution is 6.04. The molecule has 2 unspecified atom stereocenters. The third-order valence-corrected chi connectivity index (χ3v) is 4.15. The molecule has 0 amide bonds. The molecule has 2 rings (SSSR count). The molecule has 1 aromatic carbocycles. The molecule has 0 bridgehead atoms. The van der Waals surface area contributed by atoms with Crippen LogP contribution in [0.15, 0.2) is 60.1 Å². The predicted molar refractivity (Wildman–Crippen MR) is 91.1 cm³/mol. The maximum absolute atomic E-state index is 13.6. The van der Waals surface area contributed by atoms with Crippen molar-refractivity contribution in [1.29, 1.82) is 0 Å². The van der Waals surface area contributed by atoms with Crippen LogP contribution in [0, 0.1) is 5.92 Å². The van der Waals surface area contributed by atoms with Crippen LogP contribution in [0.3, 0.4) is 0 Å². The fourth-order valence-corrected chi connectivity index (χ4v) is 2.65. The van der Waals surface area contributed by atoms with Crippen molar-refractivity contribution in [2.45, 2.75) is 11.8 Å². The summed E-state index contributed by atoms with van der Waals surface area (Å²) < 4.78 is 55.6. The summed E-state index contributed by atoms with van der Waals surface area (Å²) in [5, 5.41) is 10.4. The third-order valence-electron chi connectivity index (χ3n) is 4.15. The molecular weight excluding hydrogens is 365 g/mol. The van der Waals surface area contributed by atoms with Crippen LogP contribution >= 0.6 is 0 Å². The molecule has 27 heavy (non-hydrogen) atoms. The zero-order valence-electron chi connectivity index (χ0n) is 14.9. The topological polar surface area (TPSA) is 65.0 Å². The van der Waals surface area contributed by atoms with E-state index in [1.54, 1.807) is 12.1 Å². The van der Waals surface area contributed by atoms with Gasteiger partial charge in [-0.2, -0.15) is 13.2 Å². The van der Waals surface area contributed by atoms with E-state index in [0.717, 1.165) is 12.2 Å². The van der Waals surface area contributed by atoms with Gasteiger partial charge >= 0.3 is 6.18 Å². The van der Waals surface area contributed by atoms with Crippen molar-refractivity contribution in [1.82, 2.24) is 0 Å². The average molecular weight is 384 g/mol. The number of carbonyl (C=O) groups excluding carboxylic acids is 1. The Morgan fingerprint density at radius 3 is 2.44 bits per heavy atom. The van der Waals surface area contributed by atoms with E-state index in [-0.39, 0.29) is 17.1 Å². The molecule has 146 valence electrons. The maximum atomic E-state index is 13.6. The Morgan fingerprint density at radius 2 is 1.89 bits per heavy atom. The van der Waals surface area contributed by atoms with E-state index in [0.29, 0.717) is 11.8 Å². The first-order chi connectivity index (χ1) is 12.7. The highest BCUT2D eigenvalue weighted by Crippen LogP contribution is 2.45. The van der Waals surface area contributed by atoms with E-state index in [9.17, 15) is 23.1 Å². The first-order valence-electron chi connectivity index (χ1n) is 7.84. The van der Waals surface area contributed by atoms with Crippen molar-refractivity contribution in [2.75, 3.05) is 21.3 Å². The predicted octanol–water partition coefficient (Wildman–Crippen LogP) is 3.42. The minimum Gasteiger partial charge on any atom is -0.500 e. The van der Waals surface area contributed by atoms with Gasteiger partial charge in [-0.3, -0.25) is 4.79 Å². The van der Waals surface area contributed by atoms with Crippen LogP contribution in [0.25, 0.3) is 0 Å². The van der Waals surface area contributed by atoms with Crippen molar-refractivity contribution in [2.24, 2.45) is 5.92 Å². The number of alkyl halides is 3. The number of hydrogen-bond acceptors (Lipinski definition) is 5. The summed E-state index contributed by atoms with van der Waals surface area (Å²) in [6.45, 7) is 0. The van der Waals surface area contributed by atoms with Crippen molar-refractivity contribution >= 4 is 5.78 Å². The van der Waals surface area contributed by atoms with Crippen LogP contribution in [0.2, 0.25) is 0 Å². The Labute approximate surface area is 154 Å². The van der Waals surface area contributed by atoms with Gasteiger partial charge in [0.1, 0.15) is 17.3 Å². The van der Waals surface area contributed by atoms with Gasteiger partial charge < -0.3 is 19.3 Å². The van der Waals surface area contributed by atoms with Gasteiger partial charge in [0.25, 0.3) is 0 Å². The first-order valence-corrected chi connectivity index (χ1v) is 7.84. The zero-order chi connectivity index (χ0) is 20.2. The molecule has 1 N–H and O–H groups in total. The van der Waals surface area contributed by atoms with E-state index in [1.807, 2.05) is 0 Å². The fraction of sp³-hybridized carbons (Fsp3) is 0.316. The first kappa shape index (κ1) is 20.6. The summed E-state index contributed by atoms with van der Waals surface area (Å²) in [5.41, 5.74) is -3.06. The number of aliphatic hydroxyl groups is 1. The van der Waals surface area contributed by atoms with Gasteiger partial charge in [0, 0.05) is 11.6 Å². The van der Waals surface area contributed by atoms with Gasteiger partial charge in [-0.15, -0.1) is 0 Å². The van der Waals surface area contributed by atoms with Crippen molar-refractivity contribution in [3.63, 3.8) is 0 Å². The molecule has 0 saturated heterocycles. The Kier molecular flexibility index (Phi) is 6.00. The normalized spacial score (nSPS) is 22.9. The van der Waals surface area contributed by atoms with E-state index in [2.05, 4.69) is 0 Å². The summed E-state index contributed by atoms with van der Waals surface area (Å²) in [6, 6.07) is 6.18. The Morgan fingerprint density at radius 1 is 1.19 bits per heavy atom. The van der Waals surface area contributed by atoms with Crippen LogP contribution in [-0.2, 0) is 9.47 Å². The van der Waals surface area contributed by atoms with Crippen molar-refractivity contribution < 1.29 is 37.3 Å². The second kappa shape index (κ2) is 7.87. The second-order valence-corrected chi connectivity index (χ2v) is 5.76. The lowest BCUT2D eigenvalue weighted by Crippen LogP contribution is -2.51. The lowest BCUT2D eigenvalue weighted by Gasteiger charge is -2.37. The summed E-state index contributed by atoms with van der Waals surface area (Å²) in [7, 11) is 3.78. The van der Waals surface area contributed by atoms with Crippen LogP contribution < -0.4 is 4.74 Å². The zero-order valence-corrected chi connectivity index (χ0v) is 14.9. The fourth-order valence-electron chi connectivity index (χ4n) is 2.65. The van der Waals surface area contributed by atoms with Crippen LogP contribution in [0.1, 0.15) is 10.4 Å². The number of rotatable bonds is 6. The molecule has 0 spiro atoms. The highest BCUT2D eigenvalue weighted by atomic mass is 19.4. The minimum absolute atomic E-state index is 0.191. The Hall–Kier alpha value is -2.74. The summed E-state index contributed by atoms with van der Waals surface area (Å²) in [5.74, 6) is -2.16. The molecule has 1 aliphatic carbocycles. The minimum atomic E-state index is -5.02. The molecule has 1 aliphatic rings. The molecule has 0 radical (unpaired) electrons. The largest absolute Gasteiger partial charge is 0.500 e. The van der Waals surface area contributed by atoms with Crippen LogP contribution in [0.4, 0.5) is 13.2 Å². The van der Waals surface area contributed by atoms with Gasteiger partial charge in [0.2, 0.25) is 0 Å². The molecule has 0 aromatic heterocycles. The summed E-state index contributed by atoms with van der Waals surface area (Å²) in [4.78, 5) is 12.3. The summed E-state index contributed by atoms with van der Waals surface area (Å²) in [6.07, 6.45) is -1.31. The lowest BCUT2D eigenvalue weighted by atomic mass is 9.80. The van der Waals surface area contributed by atoms with E-state index < -0.39 is 23.5 Å². The van der Waals surface area contributed by atoms with Gasteiger partial charge in [0.15, 0.2) is 11.4 Å². The Bertz CT molecular complexity index is 795. The second-order valence-electron chi connectivity index (χ2n) is 5.76. The number of benzene rings is 1. The van der Waals surface area contributed by atoms with Gasteiger partial charge in [0.05, 0.1) is 27.2 Å². The average Bonchev–Trinajstić information content (AvgIpc) is 2.65. The third kappa shape index (κ3) is 4.16. The van der Waals surface area contributed by atoms with Crippen LogP contribution in [-0.4, -0.2) is 44.0 Å². The van der Waals surface area contributed by atoms with E-state index in [1.165, 1.54) is 39.5 Å². The van der Waals surface area contributed by atoms with E-state index in [4.69, 9.17) is 14.2 Å². The quantitative estimate of drug-likeness (QED) is 0.602. The number of ketones is 1. The molecule has 1 aromatic rings. The molecule has 0 saturated carbocycles. The number of ether oxygens (including phenoxy) is 3.